The van der Waals surface area contributed by atoms with Gasteiger partial charge >= 0.3 is 0 Å². The number of rotatable bonds is 3. The lowest BCUT2D eigenvalue weighted by Crippen LogP contribution is -2.36. The molecule has 0 heterocycles. The summed E-state index contributed by atoms with van der Waals surface area (Å²) in [6.07, 6.45) is -0.885. The van der Waals surface area contributed by atoms with Gasteiger partial charge in [0.15, 0.2) is 0 Å². The Morgan fingerprint density at radius 3 is 2.33 bits per heavy atom. The first kappa shape index (κ1) is 17.3. The minimum absolute atomic E-state index is 0. The normalized spacial score (nSPS) is 14.8. The molecular weight excluding hydrogens is 260 g/mol. The summed E-state index contributed by atoms with van der Waals surface area (Å²) in [4.78, 5) is 0. The highest BCUT2D eigenvalue weighted by Crippen LogP contribution is 2.28. The monoisotopic (exact) mass is 279 g/mol. The quantitative estimate of drug-likeness (QED) is 0.893. The van der Waals surface area contributed by atoms with E-state index < -0.39 is 17.7 Å². The van der Waals surface area contributed by atoms with Crippen LogP contribution in [0.1, 0.15) is 38.9 Å². The molecule has 0 saturated heterocycles. The molecule has 5 heteroatoms. The van der Waals surface area contributed by atoms with Crippen LogP contribution in [0.5, 0.6) is 0 Å². The minimum Gasteiger partial charge on any atom is -0.388 e. The van der Waals surface area contributed by atoms with E-state index in [1.54, 1.807) is 0 Å². The molecule has 0 bridgehead atoms. The number of hydrogen-bond acceptors (Lipinski definition) is 2. The number of nitrogens with two attached hydrogens (primary N) is 1. The number of aliphatic hydroxyl groups excluding tert-OH is 1. The number of hydrogen-bond donors (Lipinski definition) is 2. The summed E-state index contributed by atoms with van der Waals surface area (Å²) in [6.45, 7) is 5.81. The van der Waals surface area contributed by atoms with Crippen molar-refractivity contribution >= 4 is 12.4 Å². The molecule has 0 amide bonds. The molecule has 104 valence electrons. The van der Waals surface area contributed by atoms with Crippen molar-refractivity contribution in [2.75, 3.05) is 0 Å². The lowest BCUT2D eigenvalue weighted by Gasteiger charge is -2.29. The van der Waals surface area contributed by atoms with E-state index in [0.717, 1.165) is 18.2 Å². The number of benzene rings is 1. The Bertz CT molecular complexity index is 393. The van der Waals surface area contributed by atoms with Gasteiger partial charge < -0.3 is 10.8 Å². The molecule has 0 fully saturated rings. The zero-order valence-corrected chi connectivity index (χ0v) is 11.6. The van der Waals surface area contributed by atoms with Crippen LogP contribution in [0.15, 0.2) is 18.2 Å². The molecule has 18 heavy (non-hydrogen) atoms. The lowest BCUT2D eigenvalue weighted by molar-refractivity contribution is 0.129. The van der Waals surface area contributed by atoms with Crippen LogP contribution in [-0.2, 0) is 0 Å². The van der Waals surface area contributed by atoms with Gasteiger partial charge in [-0.1, -0.05) is 20.8 Å². The Kier molecular flexibility index (Phi) is 6.20. The van der Waals surface area contributed by atoms with E-state index in [1.807, 2.05) is 20.8 Å². The van der Waals surface area contributed by atoms with E-state index in [2.05, 4.69) is 0 Å². The van der Waals surface area contributed by atoms with Gasteiger partial charge in [-0.3, -0.25) is 0 Å². The van der Waals surface area contributed by atoms with Gasteiger partial charge in [-0.05, 0) is 30.0 Å². The van der Waals surface area contributed by atoms with Crippen molar-refractivity contribution < 1.29 is 13.9 Å². The van der Waals surface area contributed by atoms with Gasteiger partial charge in [0.1, 0.15) is 11.6 Å². The van der Waals surface area contributed by atoms with Crippen molar-refractivity contribution in [1.29, 1.82) is 0 Å². The smallest absolute Gasteiger partial charge is 0.129 e. The Hall–Kier alpha value is -0.710. The van der Waals surface area contributed by atoms with Crippen molar-refractivity contribution in [3.63, 3.8) is 0 Å². The summed E-state index contributed by atoms with van der Waals surface area (Å²) in [5, 5.41) is 9.87. The van der Waals surface area contributed by atoms with E-state index in [1.165, 1.54) is 0 Å². The fourth-order valence-electron chi connectivity index (χ4n) is 1.49. The highest BCUT2D eigenvalue weighted by atomic mass is 35.5. The Balaban J connectivity index is 0.00000289. The van der Waals surface area contributed by atoms with Crippen molar-refractivity contribution in [3.8, 4) is 0 Å². The Labute approximate surface area is 113 Å². The third-order valence-electron chi connectivity index (χ3n) is 2.91. The van der Waals surface area contributed by atoms with Gasteiger partial charge in [0, 0.05) is 11.6 Å². The SMILES string of the molecule is CC(C)(C)[C@@H](N)C[C@@H](O)c1cc(F)ccc1F.Cl. The first-order valence-corrected chi connectivity index (χ1v) is 5.60. The van der Waals surface area contributed by atoms with Gasteiger partial charge in [-0.2, -0.15) is 0 Å². The second-order valence-electron chi connectivity index (χ2n) is 5.39. The van der Waals surface area contributed by atoms with Crippen molar-refractivity contribution in [1.82, 2.24) is 0 Å². The number of aliphatic hydroxyl groups is 1. The predicted molar refractivity (Wildman–Crippen MR) is 70.6 cm³/mol. The maximum Gasteiger partial charge on any atom is 0.129 e. The summed E-state index contributed by atoms with van der Waals surface area (Å²) < 4.78 is 26.4. The van der Waals surface area contributed by atoms with Gasteiger partial charge in [0.2, 0.25) is 0 Å². The molecule has 0 spiro atoms. The van der Waals surface area contributed by atoms with Crippen LogP contribution in [0.2, 0.25) is 0 Å². The van der Waals surface area contributed by atoms with Crippen molar-refractivity contribution in [2.45, 2.75) is 39.3 Å². The molecule has 0 aliphatic heterocycles. The predicted octanol–water partition coefficient (Wildman–Crippen LogP) is 3.18. The molecule has 0 radical (unpaired) electrons. The van der Waals surface area contributed by atoms with Gasteiger partial charge in [-0.25, -0.2) is 8.78 Å². The van der Waals surface area contributed by atoms with E-state index in [0.29, 0.717) is 0 Å². The van der Waals surface area contributed by atoms with Gasteiger partial charge in [-0.15, -0.1) is 12.4 Å². The summed E-state index contributed by atoms with van der Waals surface area (Å²) in [5.41, 5.74) is 5.67. The zero-order chi connectivity index (χ0) is 13.2. The highest BCUT2D eigenvalue weighted by molar-refractivity contribution is 5.85. The van der Waals surface area contributed by atoms with E-state index in [-0.39, 0.29) is 35.8 Å². The third kappa shape index (κ3) is 4.52. The maximum atomic E-state index is 13.4. The molecule has 1 aromatic rings. The second kappa shape index (κ2) is 6.45. The highest BCUT2D eigenvalue weighted by Gasteiger charge is 2.25. The van der Waals surface area contributed by atoms with Crippen LogP contribution in [0.25, 0.3) is 0 Å². The van der Waals surface area contributed by atoms with E-state index >= 15 is 0 Å². The number of halogens is 3. The summed E-state index contributed by atoms with van der Waals surface area (Å²) in [7, 11) is 0. The van der Waals surface area contributed by atoms with Crippen LogP contribution in [-0.4, -0.2) is 11.1 Å². The molecule has 1 rings (SSSR count). The minimum atomic E-state index is -1.08. The maximum absolute atomic E-state index is 13.4. The molecule has 3 N–H and O–H groups in total. The molecule has 1 aromatic carbocycles. The van der Waals surface area contributed by atoms with Crippen LogP contribution in [0.3, 0.4) is 0 Å². The summed E-state index contributed by atoms with van der Waals surface area (Å²) in [5.74, 6) is -1.18. The summed E-state index contributed by atoms with van der Waals surface area (Å²) >= 11 is 0. The standard InChI is InChI=1S/C13H19F2NO.ClH/c1-13(2,3)12(16)7-11(17)9-6-8(14)4-5-10(9)15;/h4-6,11-12,17H,7,16H2,1-3H3;1H/t11-,12+;/m1./s1. The molecule has 0 unspecified atom stereocenters. The average Bonchev–Trinajstić information content (AvgIpc) is 2.20. The van der Waals surface area contributed by atoms with Crippen LogP contribution in [0.4, 0.5) is 8.78 Å². The largest absolute Gasteiger partial charge is 0.388 e. The van der Waals surface area contributed by atoms with Crippen LogP contribution in [0, 0.1) is 17.0 Å². The zero-order valence-electron chi connectivity index (χ0n) is 10.8. The molecular formula is C13H20ClF2NO. The van der Waals surface area contributed by atoms with E-state index in [4.69, 9.17) is 5.73 Å². The fourth-order valence-corrected chi connectivity index (χ4v) is 1.49. The molecule has 0 aliphatic carbocycles. The second-order valence-corrected chi connectivity index (χ2v) is 5.39. The van der Waals surface area contributed by atoms with Crippen LogP contribution < -0.4 is 5.73 Å². The molecule has 2 nitrogen and oxygen atoms in total. The fraction of sp³-hybridized carbons (Fsp3) is 0.538. The van der Waals surface area contributed by atoms with Crippen LogP contribution >= 0.6 is 12.4 Å². The van der Waals surface area contributed by atoms with Gasteiger partial charge in [0.05, 0.1) is 6.10 Å². The first-order valence-electron chi connectivity index (χ1n) is 5.60. The lowest BCUT2D eigenvalue weighted by atomic mass is 9.83. The average molecular weight is 280 g/mol. The molecule has 0 aliphatic rings. The molecule has 0 saturated carbocycles. The third-order valence-corrected chi connectivity index (χ3v) is 2.91. The molecule has 0 aromatic heterocycles. The Morgan fingerprint density at radius 2 is 1.83 bits per heavy atom. The van der Waals surface area contributed by atoms with Gasteiger partial charge in [0.25, 0.3) is 0 Å². The summed E-state index contributed by atoms with van der Waals surface area (Å²) in [6, 6.07) is 2.75. The van der Waals surface area contributed by atoms with Crippen molar-refractivity contribution in [2.24, 2.45) is 11.1 Å². The first-order chi connectivity index (χ1) is 7.71. The van der Waals surface area contributed by atoms with E-state index in [9.17, 15) is 13.9 Å². The topological polar surface area (TPSA) is 46.2 Å². The van der Waals surface area contributed by atoms with Crippen molar-refractivity contribution in [3.05, 3.63) is 35.4 Å². The molecule has 2 atom stereocenters. The Morgan fingerprint density at radius 1 is 1.28 bits per heavy atom.